The van der Waals surface area contributed by atoms with Crippen LogP contribution in [0.5, 0.6) is 0 Å². The summed E-state index contributed by atoms with van der Waals surface area (Å²) in [5.41, 5.74) is 0.288. The molecule has 1 aliphatic rings. The maximum absolute atomic E-state index is 3.64. The third-order valence-corrected chi connectivity index (χ3v) is 5.79. The van der Waals surface area contributed by atoms with Crippen LogP contribution in [0.1, 0.15) is 32.1 Å². The fraction of sp³-hybridized carbons (Fsp3) is 0.692. The standard InChI is InChI=1S/C13H21BrN2S/c1-4-13(3)9-15-10(2)7-16(13)8-12-11(14)5-6-17-12/h5-6,10,15H,4,7-9H2,1-3H3. The highest BCUT2D eigenvalue weighted by Gasteiger charge is 2.35. The fourth-order valence-electron chi connectivity index (χ4n) is 2.34. The van der Waals surface area contributed by atoms with Crippen LogP contribution in [0.2, 0.25) is 0 Å². The van der Waals surface area contributed by atoms with Crippen molar-refractivity contribution in [1.82, 2.24) is 10.2 Å². The quantitative estimate of drug-likeness (QED) is 0.918. The van der Waals surface area contributed by atoms with Crippen molar-refractivity contribution in [3.05, 3.63) is 20.8 Å². The second-order valence-electron chi connectivity index (χ2n) is 5.20. The third-order valence-electron chi connectivity index (χ3n) is 3.88. The normalized spacial score (nSPS) is 30.7. The predicted molar refractivity (Wildman–Crippen MR) is 78.6 cm³/mol. The summed E-state index contributed by atoms with van der Waals surface area (Å²) in [7, 11) is 0. The molecule has 0 spiro atoms. The lowest BCUT2D eigenvalue weighted by Gasteiger charge is -2.47. The van der Waals surface area contributed by atoms with Crippen molar-refractivity contribution in [2.45, 2.75) is 45.3 Å². The van der Waals surface area contributed by atoms with Crippen molar-refractivity contribution in [3.8, 4) is 0 Å². The van der Waals surface area contributed by atoms with Gasteiger partial charge in [0.25, 0.3) is 0 Å². The molecule has 0 aromatic carbocycles. The summed E-state index contributed by atoms with van der Waals surface area (Å²) in [5, 5.41) is 5.76. The van der Waals surface area contributed by atoms with Crippen LogP contribution in [0.3, 0.4) is 0 Å². The molecule has 1 saturated heterocycles. The number of hydrogen-bond acceptors (Lipinski definition) is 3. The molecule has 96 valence electrons. The Labute approximate surface area is 117 Å². The first-order valence-corrected chi connectivity index (χ1v) is 7.93. The number of halogens is 1. The van der Waals surface area contributed by atoms with Crippen molar-refractivity contribution in [2.24, 2.45) is 0 Å². The van der Waals surface area contributed by atoms with Gasteiger partial charge in [-0.15, -0.1) is 11.3 Å². The molecule has 2 rings (SSSR count). The number of thiophene rings is 1. The first-order chi connectivity index (χ1) is 8.05. The molecule has 1 N–H and O–H groups in total. The molecule has 1 fully saturated rings. The van der Waals surface area contributed by atoms with Gasteiger partial charge in [-0.3, -0.25) is 4.90 Å². The van der Waals surface area contributed by atoms with Crippen LogP contribution in [0.15, 0.2) is 15.9 Å². The molecule has 1 aliphatic heterocycles. The summed E-state index contributed by atoms with van der Waals surface area (Å²) in [6.45, 7) is 10.2. The smallest absolute Gasteiger partial charge is 0.0345 e. The van der Waals surface area contributed by atoms with Gasteiger partial charge in [0, 0.05) is 40.6 Å². The van der Waals surface area contributed by atoms with E-state index in [9.17, 15) is 0 Å². The van der Waals surface area contributed by atoms with Crippen LogP contribution in [0, 0.1) is 0 Å². The summed E-state index contributed by atoms with van der Waals surface area (Å²) in [6, 6.07) is 2.74. The Balaban J connectivity index is 2.13. The van der Waals surface area contributed by atoms with Crippen molar-refractivity contribution >= 4 is 27.3 Å². The lowest BCUT2D eigenvalue weighted by molar-refractivity contribution is 0.0461. The average Bonchev–Trinajstić information content (AvgIpc) is 2.70. The zero-order valence-electron chi connectivity index (χ0n) is 10.8. The Hall–Kier alpha value is 0.100. The molecule has 1 aromatic rings. The van der Waals surface area contributed by atoms with Crippen molar-refractivity contribution in [2.75, 3.05) is 13.1 Å². The lowest BCUT2D eigenvalue weighted by Crippen LogP contribution is -2.61. The van der Waals surface area contributed by atoms with E-state index in [2.05, 4.69) is 58.4 Å². The van der Waals surface area contributed by atoms with Gasteiger partial charge < -0.3 is 5.32 Å². The molecule has 1 aromatic heterocycles. The van der Waals surface area contributed by atoms with Crippen molar-refractivity contribution in [3.63, 3.8) is 0 Å². The second-order valence-corrected chi connectivity index (χ2v) is 7.06. The van der Waals surface area contributed by atoms with Crippen molar-refractivity contribution < 1.29 is 0 Å². The van der Waals surface area contributed by atoms with Crippen LogP contribution < -0.4 is 5.32 Å². The number of nitrogens with one attached hydrogen (secondary N) is 1. The summed E-state index contributed by atoms with van der Waals surface area (Å²) < 4.78 is 1.26. The molecule has 0 aliphatic carbocycles. The van der Waals surface area contributed by atoms with Crippen LogP contribution >= 0.6 is 27.3 Å². The number of piperazine rings is 1. The first-order valence-electron chi connectivity index (χ1n) is 6.25. The monoisotopic (exact) mass is 316 g/mol. The predicted octanol–water partition coefficient (Wildman–Crippen LogP) is 3.47. The Morgan fingerprint density at radius 3 is 3.00 bits per heavy atom. The van der Waals surface area contributed by atoms with E-state index in [0.717, 1.165) is 19.6 Å². The van der Waals surface area contributed by atoms with Gasteiger partial charge in [-0.05, 0) is 47.6 Å². The van der Waals surface area contributed by atoms with Crippen LogP contribution in [-0.2, 0) is 6.54 Å². The third kappa shape index (κ3) is 2.92. The molecule has 2 atom stereocenters. The van der Waals surface area contributed by atoms with Crippen LogP contribution in [0.25, 0.3) is 0 Å². The molecule has 0 radical (unpaired) electrons. The van der Waals surface area contributed by atoms with Gasteiger partial charge >= 0.3 is 0 Å². The highest BCUT2D eigenvalue weighted by atomic mass is 79.9. The van der Waals surface area contributed by atoms with Crippen LogP contribution in [0.4, 0.5) is 0 Å². The maximum Gasteiger partial charge on any atom is 0.0345 e. The molecule has 0 amide bonds. The minimum Gasteiger partial charge on any atom is -0.311 e. The zero-order valence-corrected chi connectivity index (χ0v) is 13.2. The Morgan fingerprint density at radius 2 is 2.41 bits per heavy atom. The highest BCUT2D eigenvalue weighted by molar-refractivity contribution is 9.10. The number of hydrogen-bond donors (Lipinski definition) is 1. The van der Waals surface area contributed by atoms with Gasteiger partial charge in [0.1, 0.15) is 0 Å². The lowest BCUT2D eigenvalue weighted by atomic mass is 9.92. The van der Waals surface area contributed by atoms with Gasteiger partial charge in [-0.25, -0.2) is 0 Å². The second kappa shape index (κ2) is 5.39. The summed E-state index contributed by atoms with van der Waals surface area (Å²) in [6.07, 6.45) is 1.19. The summed E-state index contributed by atoms with van der Waals surface area (Å²) >= 11 is 5.48. The largest absolute Gasteiger partial charge is 0.311 e. The Kier molecular flexibility index (Phi) is 4.29. The van der Waals surface area contributed by atoms with E-state index in [-0.39, 0.29) is 5.54 Å². The van der Waals surface area contributed by atoms with E-state index >= 15 is 0 Å². The molecule has 17 heavy (non-hydrogen) atoms. The molecular formula is C13H21BrN2S. The highest BCUT2D eigenvalue weighted by Crippen LogP contribution is 2.30. The molecule has 4 heteroatoms. The molecular weight excluding hydrogens is 296 g/mol. The summed E-state index contributed by atoms with van der Waals surface area (Å²) in [5.74, 6) is 0. The molecule has 0 bridgehead atoms. The minimum absolute atomic E-state index is 0.288. The zero-order chi connectivity index (χ0) is 12.5. The fourth-order valence-corrected chi connectivity index (χ4v) is 3.83. The minimum atomic E-state index is 0.288. The van der Waals surface area contributed by atoms with E-state index in [1.165, 1.54) is 15.8 Å². The van der Waals surface area contributed by atoms with Crippen molar-refractivity contribution in [1.29, 1.82) is 0 Å². The first kappa shape index (κ1) is 13.5. The van der Waals surface area contributed by atoms with Gasteiger partial charge in [0.15, 0.2) is 0 Å². The molecule has 2 heterocycles. The SMILES string of the molecule is CCC1(C)CNC(C)CN1Cc1sccc1Br. The molecule has 2 unspecified atom stereocenters. The van der Waals surface area contributed by atoms with Crippen LogP contribution in [-0.4, -0.2) is 29.6 Å². The Morgan fingerprint density at radius 1 is 1.65 bits per heavy atom. The molecule has 0 saturated carbocycles. The van der Waals surface area contributed by atoms with E-state index in [0.29, 0.717) is 6.04 Å². The van der Waals surface area contributed by atoms with E-state index in [1.54, 1.807) is 0 Å². The van der Waals surface area contributed by atoms with E-state index in [4.69, 9.17) is 0 Å². The summed E-state index contributed by atoms with van der Waals surface area (Å²) in [4.78, 5) is 4.07. The van der Waals surface area contributed by atoms with Gasteiger partial charge in [0.2, 0.25) is 0 Å². The van der Waals surface area contributed by atoms with E-state index < -0.39 is 0 Å². The van der Waals surface area contributed by atoms with Gasteiger partial charge in [0.05, 0.1) is 0 Å². The topological polar surface area (TPSA) is 15.3 Å². The number of nitrogens with zero attached hydrogens (tertiary/aromatic N) is 1. The number of rotatable bonds is 3. The van der Waals surface area contributed by atoms with E-state index in [1.807, 2.05) is 11.3 Å². The van der Waals surface area contributed by atoms with Gasteiger partial charge in [-0.2, -0.15) is 0 Å². The maximum atomic E-state index is 3.64. The van der Waals surface area contributed by atoms with Gasteiger partial charge in [-0.1, -0.05) is 6.92 Å². The Bertz CT molecular complexity index is 379. The average molecular weight is 317 g/mol. The molecule has 2 nitrogen and oxygen atoms in total.